The number of anilines is 1. The van der Waals surface area contributed by atoms with Gasteiger partial charge in [-0.05, 0) is 77.0 Å². The van der Waals surface area contributed by atoms with E-state index >= 15 is 8.78 Å². The van der Waals surface area contributed by atoms with Crippen molar-refractivity contribution in [1.29, 1.82) is 0 Å². The summed E-state index contributed by atoms with van der Waals surface area (Å²) in [6.45, 7) is 0.596. The second-order valence-corrected chi connectivity index (χ2v) is 12.0. The van der Waals surface area contributed by atoms with E-state index in [0.717, 1.165) is 0 Å². The van der Waals surface area contributed by atoms with E-state index in [0.29, 0.717) is 61.4 Å². The molecule has 0 heterocycles. The van der Waals surface area contributed by atoms with E-state index in [-0.39, 0.29) is 5.82 Å². The molecule has 12 heteroatoms. The molecule has 1 atom stereocenters. The number of carbonyl (C=O) groups excluding carboxylic acids is 1. The van der Waals surface area contributed by atoms with Crippen LogP contribution in [0.25, 0.3) is 0 Å². The molecule has 0 spiro atoms. The Bertz CT molecular complexity index is 1180. The summed E-state index contributed by atoms with van der Waals surface area (Å²) in [6, 6.07) is 7.12. The zero-order valence-electron chi connectivity index (χ0n) is 21.0. The molecule has 0 aliphatic heterocycles. The monoisotopic (exact) mass is 559 g/mol. The fourth-order valence-corrected chi connectivity index (χ4v) is 6.23. The molecule has 0 saturated heterocycles. The predicted octanol–water partition coefficient (Wildman–Crippen LogP) is 4.39. The number of rotatable bonds is 12. The van der Waals surface area contributed by atoms with Crippen LogP contribution in [0.3, 0.4) is 0 Å². The number of amides is 1. The van der Waals surface area contributed by atoms with Crippen molar-refractivity contribution in [3.63, 3.8) is 0 Å². The van der Waals surface area contributed by atoms with Crippen molar-refractivity contribution in [3.05, 3.63) is 53.8 Å². The van der Waals surface area contributed by atoms with Gasteiger partial charge in [-0.3, -0.25) is 4.79 Å². The maximum absolute atomic E-state index is 15.0. The zero-order chi connectivity index (χ0) is 27.2. The number of hydrogen-bond donors (Lipinski definition) is 2. The van der Waals surface area contributed by atoms with Crippen LogP contribution in [-0.4, -0.2) is 64.4 Å². The first-order valence-corrected chi connectivity index (χ1v) is 14.3. The van der Waals surface area contributed by atoms with Gasteiger partial charge in [0.15, 0.2) is 11.6 Å². The first kappa shape index (κ1) is 29.3. The number of halogens is 3. The van der Waals surface area contributed by atoms with E-state index in [4.69, 9.17) is 4.74 Å². The fraction of sp³-hybridized carbons (Fsp3) is 0.480. The predicted molar refractivity (Wildman–Crippen MR) is 138 cm³/mol. The van der Waals surface area contributed by atoms with Crippen molar-refractivity contribution in [1.82, 2.24) is 9.62 Å². The largest absolute Gasteiger partial charge is 0.377 e. The maximum atomic E-state index is 15.0. The summed E-state index contributed by atoms with van der Waals surface area (Å²) in [5.41, 5.74) is -1.77. The number of nitrogens with zero attached hydrogens (tertiary/aromatic N) is 1. The zero-order valence-corrected chi connectivity index (χ0v) is 22.7. The topological polar surface area (TPSA) is 87.7 Å². The van der Waals surface area contributed by atoms with Gasteiger partial charge in [-0.15, -0.1) is 11.8 Å². The molecular weight excluding hydrogens is 527 g/mol. The Labute approximate surface area is 220 Å². The molecule has 1 aliphatic rings. The quantitative estimate of drug-likeness (QED) is 0.373. The molecule has 1 saturated carbocycles. The number of benzene rings is 2. The third kappa shape index (κ3) is 7.40. The van der Waals surface area contributed by atoms with Crippen LogP contribution in [0.1, 0.15) is 32.1 Å². The summed E-state index contributed by atoms with van der Waals surface area (Å²) in [5, 5.41) is 2.82. The van der Waals surface area contributed by atoms with Crippen molar-refractivity contribution in [2.75, 3.05) is 38.8 Å². The van der Waals surface area contributed by atoms with E-state index in [1.54, 1.807) is 18.2 Å². The second-order valence-electron chi connectivity index (χ2n) is 9.28. The third-order valence-electron chi connectivity index (χ3n) is 6.32. The molecular formula is C25H32F3N3O4S2. The lowest BCUT2D eigenvalue weighted by molar-refractivity contribution is -0.140. The van der Waals surface area contributed by atoms with Gasteiger partial charge in [-0.25, -0.2) is 26.3 Å². The highest BCUT2D eigenvalue weighted by Crippen LogP contribution is 2.33. The minimum absolute atomic E-state index is 0.308. The lowest BCUT2D eigenvalue weighted by Crippen LogP contribution is -2.48. The average Bonchev–Trinajstić information content (AvgIpc) is 3.33. The van der Waals surface area contributed by atoms with Gasteiger partial charge in [0.1, 0.15) is 17.1 Å². The number of thioether (sulfide) groups is 1. The molecule has 37 heavy (non-hydrogen) atoms. The van der Waals surface area contributed by atoms with E-state index in [2.05, 4.69) is 5.32 Å². The van der Waals surface area contributed by atoms with Crippen molar-refractivity contribution >= 4 is 33.4 Å². The SMILES string of the molecule is COC1(C(=O)NS(=O)(=O)c2cc(F)c(N[C@H](CCN(C)C)CSc3ccccc3F)c(F)c2)CCCC1. The van der Waals surface area contributed by atoms with Gasteiger partial charge in [0.25, 0.3) is 15.9 Å². The minimum atomic E-state index is -4.55. The van der Waals surface area contributed by atoms with Crippen LogP contribution in [0.15, 0.2) is 46.2 Å². The molecule has 2 aromatic rings. The van der Waals surface area contributed by atoms with Crippen molar-refractivity contribution in [3.8, 4) is 0 Å². The van der Waals surface area contributed by atoms with Gasteiger partial charge in [0.05, 0.1) is 4.90 Å². The lowest BCUT2D eigenvalue weighted by atomic mass is 10.0. The van der Waals surface area contributed by atoms with E-state index in [1.807, 2.05) is 23.7 Å². The highest BCUT2D eigenvalue weighted by Gasteiger charge is 2.43. The standard InChI is InChI=1S/C25H32F3N3O4S2/c1-31(2)13-10-17(16-36-22-9-5-4-8-19(22)26)29-23-20(27)14-18(15-21(23)28)37(33,34)30-24(32)25(35-3)11-6-7-12-25/h4-5,8-9,14-15,17,29H,6-7,10-13,16H2,1-3H3,(H,30,32)/t17-/m1/s1. The second kappa shape index (κ2) is 12.5. The number of nitrogens with one attached hydrogen (secondary N) is 2. The molecule has 2 N–H and O–H groups in total. The summed E-state index contributed by atoms with van der Waals surface area (Å²) in [7, 11) is 0.493. The highest BCUT2D eigenvalue weighted by molar-refractivity contribution is 7.99. The molecule has 1 fully saturated rings. The smallest absolute Gasteiger partial charge is 0.265 e. The Morgan fingerprint density at radius 1 is 1.11 bits per heavy atom. The van der Waals surface area contributed by atoms with Crippen LogP contribution >= 0.6 is 11.8 Å². The fourth-order valence-electron chi connectivity index (χ4n) is 4.15. The van der Waals surface area contributed by atoms with Gasteiger partial charge in [0, 0.05) is 23.8 Å². The number of methoxy groups -OCH3 is 1. The van der Waals surface area contributed by atoms with Crippen LogP contribution in [0, 0.1) is 17.5 Å². The third-order valence-corrected chi connectivity index (χ3v) is 8.84. The minimum Gasteiger partial charge on any atom is -0.377 e. The van der Waals surface area contributed by atoms with Gasteiger partial charge >= 0.3 is 0 Å². The van der Waals surface area contributed by atoms with Gasteiger partial charge in [-0.1, -0.05) is 12.1 Å². The number of hydrogen-bond acceptors (Lipinski definition) is 7. The molecule has 3 rings (SSSR count). The highest BCUT2D eigenvalue weighted by atomic mass is 32.2. The molecule has 0 unspecified atom stereocenters. The van der Waals surface area contributed by atoms with Gasteiger partial charge in [0.2, 0.25) is 0 Å². The molecule has 2 aromatic carbocycles. The molecule has 0 aromatic heterocycles. The van der Waals surface area contributed by atoms with Crippen LogP contribution < -0.4 is 10.0 Å². The average molecular weight is 560 g/mol. The number of ether oxygens (including phenoxy) is 1. The van der Waals surface area contributed by atoms with E-state index < -0.39 is 49.8 Å². The van der Waals surface area contributed by atoms with Crippen molar-refractivity contribution < 1.29 is 31.1 Å². The first-order valence-electron chi connectivity index (χ1n) is 11.9. The summed E-state index contributed by atoms with van der Waals surface area (Å²) >= 11 is 1.21. The summed E-state index contributed by atoms with van der Waals surface area (Å²) < 4.78 is 76.8. The molecule has 1 aliphatic carbocycles. The van der Waals surface area contributed by atoms with Crippen LogP contribution in [0.5, 0.6) is 0 Å². The Kier molecular flexibility index (Phi) is 9.90. The Hall–Kier alpha value is -2.28. The van der Waals surface area contributed by atoms with E-state index in [9.17, 15) is 17.6 Å². The Morgan fingerprint density at radius 2 is 1.73 bits per heavy atom. The Balaban J connectivity index is 1.78. The van der Waals surface area contributed by atoms with Gasteiger partial charge < -0.3 is 15.0 Å². The molecule has 0 bridgehead atoms. The maximum Gasteiger partial charge on any atom is 0.265 e. The number of carbonyl (C=O) groups is 1. The van der Waals surface area contributed by atoms with E-state index in [1.165, 1.54) is 24.9 Å². The summed E-state index contributed by atoms with van der Waals surface area (Å²) in [6.07, 6.45) is 2.61. The first-order chi connectivity index (χ1) is 17.5. The Morgan fingerprint density at radius 3 is 2.30 bits per heavy atom. The summed E-state index contributed by atoms with van der Waals surface area (Å²) in [4.78, 5) is 14.3. The van der Waals surface area contributed by atoms with Crippen molar-refractivity contribution in [2.45, 2.75) is 53.5 Å². The molecule has 0 radical (unpaired) electrons. The summed E-state index contributed by atoms with van der Waals surface area (Å²) in [5.74, 6) is -3.19. The van der Waals surface area contributed by atoms with Crippen molar-refractivity contribution in [2.24, 2.45) is 0 Å². The number of sulfonamides is 1. The molecule has 204 valence electrons. The van der Waals surface area contributed by atoms with Crippen LogP contribution in [0.2, 0.25) is 0 Å². The lowest BCUT2D eigenvalue weighted by Gasteiger charge is -2.26. The molecule has 7 nitrogen and oxygen atoms in total. The normalized spacial score (nSPS) is 16.1. The molecule has 1 amide bonds. The van der Waals surface area contributed by atoms with Gasteiger partial charge in [-0.2, -0.15) is 0 Å². The van der Waals surface area contributed by atoms with Crippen LogP contribution in [0.4, 0.5) is 18.9 Å². The van der Waals surface area contributed by atoms with Crippen LogP contribution in [-0.2, 0) is 19.6 Å².